The van der Waals surface area contributed by atoms with E-state index >= 15 is 4.39 Å². The lowest BCUT2D eigenvalue weighted by atomic mass is 9.94. The van der Waals surface area contributed by atoms with Crippen molar-refractivity contribution in [1.29, 1.82) is 0 Å². The Morgan fingerprint density at radius 2 is 1.93 bits per heavy atom. The molecule has 6 rings (SSSR count). The summed E-state index contributed by atoms with van der Waals surface area (Å²) in [6.45, 7) is 0. The molecule has 0 spiro atoms. The van der Waals surface area contributed by atoms with Crippen molar-refractivity contribution < 1.29 is 18.7 Å². The zero-order valence-corrected chi connectivity index (χ0v) is 23.6. The van der Waals surface area contributed by atoms with Crippen LogP contribution in [0.2, 0.25) is 5.02 Å². The average molecular weight is 601 g/mol. The van der Waals surface area contributed by atoms with Crippen LogP contribution in [0.5, 0.6) is 0 Å². The lowest BCUT2D eigenvalue weighted by molar-refractivity contribution is -0.614. The molecule has 0 saturated carbocycles. The van der Waals surface area contributed by atoms with Gasteiger partial charge in [0, 0.05) is 33.2 Å². The summed E-state index contributed by atoms with van der Waals surface area (Å²) in [6, 6.07) is 18.7. The second kappa shape index (κ2) is 11.6. The van der Waals surface area contributed by atoms with E-state index in [-0.39, 0.29) is 10.4 Å². The van der Waals surface area contributed by atoms with Gasteiger partial charge in [-0.25, -0.2) is 14.2 Å². The standard InChI is InChI=1S/C30H22ClFN6O3S/c1-41-30(39)28-27(32)23(15-42-28)24-13-33-29(36-24)22(11-18-5-3-2-4-6-18)26-9-7-19(14-38(26)40)21-12-20(31)8-10-25(21)37-16-34-35-17-37/h2-10,12-17,22H,11H2,1H3,(H,33,36). The van der Waals surface area contributed by atoms with Crippen LogP contribution in [0.4, 0.5) is 4.39 Å². The van der Waals surface area contributed by atoms with Crippen molar-refractivity contribution in [2.45, 2.75) is 12.3 Å². The summed E-state index contributed by atoms with van der Waals surface area (Å²) in [7, 11) is 1.20. The number of nitrogens with zero attached hydrogens (tertiary/aromatic N) is 5. The molecular weight excluding hydrogens is 579 g/mol. The zero-order chi connectivity index (χ0) is 29.2. The van der Waals surface area contributed by atoms with Crippen LogP contribution in [0, 0.1) is 11.0 Å². The molecule has 4 aromatic heterocycles. The number of carbonyl (C=O) groups excluding carboxylic acids is 1. The molecule has 42 heavy (non-hydrogen) atoms. The molecule has 210 valence electrons. The first-order chi connectivity index (χ1) is 20.4. The van der Waals surface area contributed by atoms with E-state index in [1.165, 1.54) is 24.9 Å². The van der Waals surface area contributed by atoms with Crippen molar-refractivity contribution in [2.24, 2.45) is 0 Å². The van der Waals surface area contributed by atoms with Gasteiger partial charge in [0.1, 0.15) is 29.3 Å². The van der Waals surface area contributed by atoms with Gasteiger partial charge in [0.15, 0.2) is 12.0 Å². The quantitative estimate of drug-likeness (QED) is 0.131. The van der Waals surface area contributed by atoms with E-state index in [4.69, 9.17) is 11.6 Å². The van der Waals surface area contributed by atoms with Gasteiger partial charge in [-0.05, 0) is 36.2 Å². The Bertz CT molecular complexity index is 1870. The minimum atomic E-state index is -0.745. The highest BCUT2D eigenvalue weighted by Crippen LogP contribution is 2.34. The van der Waals surface area contributed by atoms with E-state index in [0.717, 1.165) is 32.9 Å². The maximum atomic E-state index is 15.1. The molecule has 2 aromatic carbocycles. The molecule has 6 aromatic rings. The topological polar surface area (TPSA) is 113 Å². The highest BCUT2D eigenvalue weighted by atomic mass is 35.5. The Kier molecular flexibility index (Phi) is 7.51. The number of halogens is 2. The fourth-order valence-electron chi connectivity index (χ4n) is 4.81. The molecule has 0 amide bonds. The lowest BCUT2D eigenvalue weighted by Crippen LogP contribution is -2.34. The van der Waals surface area contributed by atoms with Crippen LogP contribution in [-0.2, 0) is 11.2 Å². The van der Waals surface area contributed by atoms with Gasteiger partial charge in [0.2, 0.25) is 5.69 Å². The third-order valence-corrected chi connectivity index (χ3v) is 8.04. The summed E-state index contributed by atoms with van der Waals surface area (Å²) in [5.74, 6) is -1.45. The Morgan fingerprint density at radius 1 is 1.14 bits per heavy atom. The van der Waals surface area contributed by atoms with Gasteiger partial charge in [0.25, 0.3) is 0 Å². The number of carbonyl (C=O) groups is 1. The first kappa shape index (κ1) is 27.3. The number of ether oxygens (including phenoxy) is 1. The molecule has 0 bridgehead atoms. The maximum absolute atomic E-state index is 15.1. The lowest BCUT2D eigenvalue weighted by Gasteiger charge is -2.16. The average Bonchev–Trinajstić information content (AvgIpc) is 3.78. The predicted octanol–water partition coefficient (Wildman–Crippen LogP) is 5.97. The summed E-state index contributed by atoms with van der Waals surface area (Å²) in [5.41, 5.74) is 4.16. The number of aromatic nitrogens is 6. The summed E-state index contributed by atoms with van der Waals surface area (Å²) in [4.78, 5) is 19.5. The third kappa shape index (κ3) is 5.27. The molecule has 1 atom stereocenters. The van der Waals surface area contributed by atoms with Gasteiger partial charge >= 0.3 is 5.97 Å². The number of rotatable bonds is 8. The molecule has 1 unspecified atom stereocenters. The zero-order valence-electron chi connectivity index (χ0n) is 22.1. The second-order valence-corrected chi connectivity index (χ2v) is 10.7. The summed E-state index contributed by atoms with van der Waals surface area (Å²) < 4.78 is 22.3. The fraction of sp³-hybridized carbons (Fsp3) is 0.100. The van der Waals surface area contributed by atoms with Gasteiger partial charge in [0.05, 0.1) is 24.7 Å². The van der Waals surface area contributed by atoms with Crippen LogP contribution < -0.4 is 4.73 Å². The smallest absolute Gasteiger partial charge is 0.351 e. The Morgan fingerprint density at radius 3 is 2.67 bits per heavy atom. The fourth-order valence-corrected chi connectivity index (χ4v) is 5.84. The molecule has 0 aliphatic heterocycles. The first-order valence-corrected chi connectivity index (χ1v) is 14.0. The number of H-pyrrole nitrogens is 1. The number of esters is 1. The van der Waals surface area contributed by atoms with E-state index in [1.807, 2.05) is 42.5 Å². The number of thiophene rings is 1. The Balaban J connectivity index is 1.40. The van der Waals surface area contributed by atoms with Gasteiger partial charge < -0.3 is 14.9 Å². The second-order valence-electron chi connectivity index (χ2n) is 9.41. The first-order valence-electron chi connectivity index (χ1n) is 12.8. The number of nitrogens with one attached hydrogen (secondary N) is 1. The van der Waals surface area contributed by atoms with Crippen molar-refractivity contribution >= 4 is 28.9 Å². The number of imidazole rings is 1. The summed E-state index contributed by atoms with van der Waals surface area (Å²) >= 11 is 7.27. The van der Waals surface area contributed by atoms with Crippen molar-refractivity contribution in [3.05, 3.63) is 129 Å². The van der Waals surface area contributed by atoms with Gasteiger partial charge in [-0.15, -0.1) is 21.5 Å². The van der Waals surface area contributed by atoms with Gasteiger partial charge in [-0.2, -0.15) is 4.73 Å². The molecule has 12 heteroatoms. The number of hydrogen-bond acceptors (Lipinski definition) is 7. The Labute approximate surface area is 248 Å². The third-order valence-electron chi connectivity index (χ3n) is 6.87. The highest BCUT2D eigenvalue weighted by Gasteiger charge is 2.28. The molecule has 0 fully saturated rings. The van der Waals surface area contributed by atoms with E-state index < -0.39 is 17.7 Å². The van der Waals surface area contributed by atoms with E-state index in [2.05, 4.69) is 24.9 Å². The molecular formula is C30H22ClFN6O3S. The minimum Gasteiger partial charge on any atom is -0.618 e. The molecule has 0 saturated heterocycles. The van der Waals surface area contributed by atoms with Crippen LogP contribution in [0.1, 0.15) is 32.7 Å². The highest BCUT2D eigenvalue weighted by molar-refractivity contribution is 7.12. The SMILES string of the molecule is COC(=O)c1scc(-c2cnc(C(Cc3ccccc3)c3ccc(-c4cc(Cl)ccc4-n4cnnc4)c[n+]3[O-])[nH]2)c1F. The number of benzene rings is 2. The normalized spacial score (nSPS) is 11.9. The monoisotopic (exact) mass is 600 g/mol. The number of aromatic amines is 1. The van der Waals surface area contributed by atoms with Crippen molar-refractivity contribution in [2.75, 3.05) is 7.11 Å². The number of hydrogen-bond donors (Lipinski definition) is 1. The molecule has 0 aliphatic rings. The van der Waals surface area contributed by atoms with E-state index in [9.17, 15) is 10.0 Å². The van der Waals surface area contributed by atoms with Crippen LogP contribution in [0.3, 0.4) is 0 Å². The maximum Gasteiger partial charge on any atom is 0.351 e. The van der Waals surface area contributed by atoms with Crippen molar-refractivity contribution in [3.8, 4) is 28.1 Å². The molecule has 9 nitrogen and oxygen atoms in total. The van der Waals surface area contributed by atoms with Crippen LogP contribution in [0.25, 0.3) is 28.1 Å². The molecule has 0 aliphatic carbocycles. The molecule has 0 radical (unpaired) electrons. The largest absolute Gasteiger partial charge is 0.618 e. The number of methoxy groups -OCH3 is 1. The summed E-state index contributed by atoms with van der Waals surface area (Å²) in [5, 5.41) is 23.5. The van der Waals surface area contributed by atoms with Crippen molar-refractivity contribution in [3.63, 3.8) is 0 Å². The summed E-state index contributed by atoms with van der Waals surface area (Å²) in [6.07, 6.45) is 6.60. The van der Waals surface area contributed by atoms with Crippen LogP contribution in [-0.4, -0.2) is 37.8 Å². The van der Waals surface area contributed by atoms with E-state index in [1.54, 1.807) is 35.4 Å². The van der Waals surface area contributed by atoms with E-state index in [0.29, 0.717) is 34.2 Å². The van der Waals surface area contributed by atoms with Gasteiger partial charge in [-0.3, -0.25) is 4.57 Å². The van der Waals surface area contributed by atoms with Gasteiger partial charge in [-0.1, -0.05) is 41.9 Å². The van der Waals surface area contributed by atoms with Crippen LogP contribution >= 0.6 is 22.9 Å². The predicted molar refractivity (Wildman–Crippen MR) is 156 cm³/mol. The van der Waals surface area contributed by atoms with Crippen LogP contribution in [0.15, 0.2) is 91.1 Å². The van der Waals surface area contributed by atoms with Crippen molar-refractivity contribution in [1.82, 2.24) is 24.7 Å². The molecule has 1 N–H and O–H groups in total. The minimum absolute atomic E-state index is 0.121. The number of pyridine rings is 1. The Hall–Kier alpha value is -4.87. The molecule has 4 heterocycles.